The molecular weight excluding hydrogens is 220 g/mol. The molecular formula is C16H32N2. The van der Waals surface area contributed by atoms with Crippen molar-refractivity contribution in [2.24, 2.45) is 5.92 Å². The monoisotopic (exact) mass is 252 g/mol. The van der Waals surface area contributed by atoms with Gasteiger partial charge in [0.15, 0.2) is 0 Å². The number of rotatable bonds is 7. The van der Waals surface area contributed by atoms with Gasteiger partial charge < -0.3 is 5.32 Å². The molecule has 0 aromatic carbocycles. The Bertz CT molecular complexity index is 235. The number of hydrogen-bond acceptors (Lipinski definition) is 2. The Morgan fingerprint density at radius 1 is 1.11 bits per heavy atom. The first kappa shape index (κ1) is 14.3. The normalized spacial score (nSPS) is 29.2. The smallest absolute Gasteiger partial charge is 0.0252 e. The average molecular weight is 252 g/mol. The van der Waals surface area contributed by atoms with Gasteiger partial charge in [-0.25, -0.2) is 0 Å². The van der Waals surface area contributed by atoms with Crippen molar-refractivity contribution in [3.63, 3.8) is 0 Å². The zero-order valence-electron chi connectivity index (χ0n) is 12.6. The second-order valence-corrected chi connectivity index (χ2v) is 6.65. The highest BCUT2D eigenvalue weighted by molar-refractivity contribution is 4.91. The fourth-order valence-corrected chi connectivity index (χ4v) is 3.40. The quantitative estimate of drug-likeness (QED) is 0.747. The van der Waals surface area contributed by atoms with Gasteiger partial charge in [-0.3, -0.25) is 4.90 Å². The molecule has 106 valence electrons. The molecule has 2 fully saturated rings. The lowest BCUT2D eigenvalue weighted by molar-refractivity contribution is 0.0869. The van der Waals surface area contributed by atoms with Gasteiger partial charge in [0, 0.05) is 24.7 Å². The highest BCUT2D eigenvalue weighted by Crippen LogP contribution is 2.33. The molecule has 0 aromatic rings. The standard InChI is InChI=1S/C16H32N2/c1-4-11-17-15-7-5-6-8-16(15)18(13(2)3)12-14-9-10-14/h13-17H,4-12H2,1-3H3. The molecule has 0 aliphatic heterocycles. The van der Waals surface area contributed by atoms with E-state index in [1.807, 2.05) is 0 Å². The lowest BCUT2D eigenvalue weighted by Gasteiger charge is -2.43. The van der Waals surface area contributed by atoms with Crippen LogP contribution in [0.25, 0.3) is 0 Å². The molecule has 1 N–H and O–H groups in total. The minimum absolute atomic E-state index is 0.708. The van der Waals surface area contributed by atoms with Gasteiger partial charge in [0.2, 0.25) is 0 Å². The van der Waals surface area contributed by atoms with Gasteiger partial charge in [-0.15, -0.1) is 0 Å². The van der Waals surface area contributed by atoms with Crippen LogP contribution in [-0.4, -0.2) is 36.1 Å². The van der Waals surface area contributed by atoms with E-state index >= 15 is 0 Å². The van der Waals surface area contributed by atoms with Crippen molar-refractivity contribution < 1.29 is 0 Å². The Labute approximate surface area is 114 Å². The summed E-state index contributed by atoms with van der Waals surface area (Å²) in [7, 11) is 0. The van der Waals surface area contributed by atoms with Crippen LogP contribution in [0, 0.1) is 5.92 Å². The first-order chi connectivity index (χ1) is 8.72. The molecule has 18 heavy (non-hydrogen) atoms. The Hall–Kier alpha value is -0.0800. The predicted octanol–water partition coefficient (Wildman–Crippen LogP) is 3.42. The van der Waals surface area contributed by atoms with Crippen LogP contribution in [0.5, 0.6) is 0 Å². The maximum atomic E-state index is 3.81. The van der Waals surface area contributed by atoms with Gasteiger partial charge in [-0.05, 0) is 58.4 Å². The van der Waals surface area contributed by atoms with E-state index in [4.69, 9.17) is 0 Å². The maximum absolute atomic E-state index is 3.81. The third kappa shape index (κ3) is 3.96. The van der Waals surface area contributed by atoms with Crippen LogP contribution in [0.3, 0.4) is 0 Å². The molecule has 2 aliphatic carbocycles. The third-order valence-electron chi connectivity index (χ3n) is 4.64. The zero-order valence-corrected chi connectivity index (χ0v) is 12.6. The lowest BCUT2D eigenvalue weighted by atomic mass is 9.88. The van der Waals surface area contributed by atoms with E-state index in [0.29, 0.717) is 6.04 Å². The van der Waals surface area contributed by atoms with Crippen LogP contribution < -0.4 is 5.32 Å². The van der Waals surface area contributed by atoms with Crippen LogP contribution >= 0.6 is 0 Å². The summed E-state index contributed by atoms with van der Waals surface area (Å²) in [4.78, 5) is 2.81. The molecule has 2 atom stereocenters. The molecule has 0 aromatic heterocycles. The minimum atomic E-state index is 0.708. The van der Waals surface area contributed by atoms with Crippen molar-refractivity contribution in [3.8, 4) is 0 Å². The van der Waals surface area contributed by atoms with Crippen molar-refractivity contribution in [2.75, 3.05) is 13.1 Å². The second kappa shape index (κ2) is 6.91. The summed E-state index contributed by atoms with van der Waals surface area (Å²) >= 11 is 0. The Morgan fingerprint density at radius 2 is 1.83 bits per heavy atom. The summed E-state index contributed by atoms with van der Waals surface area (Å²) in [5.74, 6) is 1.01. The Morgan fingerprint density at radius 3 is 2.44 bits per heavy atom. The molecule has 0 saturated heterocycles. The molecule has 2 aliphatic rings. The van der Waals surface area contributed by atoms with Crippen LogP contribution in [0.1, 0.15) is 65.7 Å². The maximum Gasteiger partial charge on any atom is 0.0252 e. The van der Waals surface area contributed by atoms with Crippen molar-refractivity contribution in [3.05, 3.63) is 0 Å². The van der Waals surface area contributed by atoms with Crippen molar-refractivity contribution >= 4 is 0 Å². The van der Waals surface area contributed by atoms with Crippen LogP contribution in [-0.2, 0) is 0 Å². The van der Waals surface area contributed by atoms with Gasteiger partial charge in [0.25, 0.3) is 0 Å². The van der Waals surface area contributed by atoms with E-state index in [2.05, 4.69) is 31.0 Å². The molecule has 0 heterocycles. The Kier molecular flexibility index (Phi) is 5.50. The van der Waals surface area contributed by atoms with E-state index in [1.165, 1.54) is 58.0 Å². The first-order valence-corrected chi connectivity index (χ1v) is 8.21. The predicted molar refractivity (Wildman–Crippen MR) is 78.9 cm³/mol. The highest BCUT2D eigenvalue weighted by atomic mass is 15.2. The average Bonchev–Trinajstić information content (AvgIpc) is 3.17. The molecule has 0 bridgehead atoms. The van der Waals surface area contributed by atoms with E-state index in [0.717, 1.165) is 18.0 Å². The summed E-state index contributed by atoms with van der Waals surface area (Å²) in [5, 5.41) is 3.81. The van der Waals surface area contributed by atoms with Crippen molar-refractivity contribution in [1.82, 2.24) is 10.2 Å². The lowest BCUT2D eigenvalue weighted by Crippen LogP contribution is -2.54. The van der Waals surface area contributed by atoms with E-state index in [-0.39, 0.29) is 0 Å². The minimum Gasteiger partial charge on any atom is -0.312 e. The van der Waals surface area contributed by atoms with Gasteiger partial charge >= 0.3 is 0 Å². The van der Waals surface area contributed by atoms with Crippen molar-refractivity contribution in [1.29, 1.82) is 0 Å². The SMILES string of the molecule is CCCNC1CCCCC1N(CC1CC1)C(C)C. The topological polar surface area (TPSA) is 15.3 Å². The van der Waals surface area contributed by atoms with Crippen LogP contribution in [0.4, 0.5) is 0 Å². The van der Waals surface area contributed by atoms with E-state index in [9.17, 15) is 0 Å². The Balaban J connectivity index is 1.94. The van der Waals surface area contributed by atoms with E-state index < -0.39 is 0 Å². The van der Waals surface area contributed by atoms with Gasteiger partial charge in [-0.2, -0.15) is 0 Å². The van der Waals surface area contributed by atoms with Gasteiger partial charge in [0.1, 0.15) is 0 Å². The van der Waals surface area contributed by atoms with Crippen LogP contribution in [0.2, 0.25) is 0 Å². The molecule has 2 saturated carbocycles. The molecule has 2 rings (SSSR count). The fraction of sp³-hybridized carbons (Fsp3) is 1.00. The fourth-order valence-electron chi connectivity index (χ4n) is 3.40. The molecule has 0 spiro atoms. The summed E-state index contributed by atoms with van der Waals surface area (Å²) < 4.78 is 0. The summed E-state index contributed by atoms with van der Waals surface area (Å²) in [6.45, 7) is 9.58. The number of nitrogens with zero attached hydrogens (tertiary/aromatic N) is 1. The largest absolute Gasteiger partial charge is 0.312 e. The molecule has 2 heteroatoms. The zero-order chi connectivity index (χ0) is 13.0. The summed E-state index contributed by atoms with van der Waals surface area (Å²) in [5.41, 5.74) is 0. The first-order valence-electron chi connectivity index (χ1n) is 8.21. The molecule has 2 unspecified atom stereocenters. The van der Waals surface area contributed by atoms with Crippen LogP contribution in [0.15, 0.2) is 0 Å². The third-order valence-corrected chi connectivity index (χ3v) is 4.64. The van der Waals surface area contributed by atoms with E-state index in [1.54, 1.807) is 0 Å². The highest BCUT2D eigenvalue weighted by Gasteiger charge is 2.34. The van der Waals surface area contributed by atoms with Gasteiger partial charge in [0.05, 0.1) is 0 Å². The second-order valence-electron chi connectivity index (χ2n) is 6.65. The summed E-state index contributed by atoms with van der Waals surface area (Å²) in [6.07, 6.45) is 9.86. The molecule has 0 amide bonds. The summed E-state index contributed by atoms with van der Waals surface area (Å²) in [6, 6.07) is 2.25. The number of hydrogen-bond donors (Lipinski definition) is 1. The molecule has 0 radical (unpaired) electrons. The number of nitrogens with one attached hydrogen (secondary N) is 1. The van der Waals surface area contributed by atoms with Gasteiger partial charge in [-0.1, -0.05) is 19.8 Å². The van der Waals surface area contributed by atoms with Crippen molar-refractivity contribution in [2.45, 2.75) is 83.8 Å². The molecule has 2 nitrogen and oxygen atoms in total.